The number of thiophene rings is 1. The summed E-state index contributed by atoms with van der Waals surface area (Å²) in [5, 5.41) is 13.2. The maximum atomic E-state index is 13.0. The van der Waals surface area contributed by atoms with E-state index in [1.165, 1.54) is 4.31 Å². The molecule has 3 aromatic heterocycles. The number of aromatic amines is 1. The number of hydrogen-bond acceptors (Lipinski definition) is 6. The van der Waals surface area contributed by atoms with Crippen LogP contribution in [0.5, 0.6) is 0 Å². The number of sulfonamides is 1. The second-order valence-electron chi connectivity index (χ2n) is 6.77. The molecule has 0 spiro atoms. The quantitative estimate of drug-likeness (QED) is 0.660. The molecule has 1 saturated heterocycles. The Balaban J connectivity index is 1.44. The summed E-state index contributed by atoms with van der Waals surface area (Å²) < 4.78 is 29.0. The maximum Gasteiger partial charge on any atom is 0.274 e. The van der Waals surface area contributed by atoms with Crippen LogP contribution in [-0.2, 0) is 16.6 Å². The lowest BCUT2D eigenvalue weighted by Crippen LogP contribution is -2.50. The highest BCUT2D eigenvalue weighted by Crippen LogP contribution is 2.24. The average molecular weight is 435 g/mol. The van der Waals surface area contributed by atoms with Gasteiger partial charge in [0.1, 0.15) is 4.90 Å². The lowest BCUT2D eigenvalue weighted by atomic mass is 10.2. The number of carbonyl (C=O) groups is 1. The van der Waals surface area contributed by atoms with Crippen molar-refractivity contribution in [3.05, 3.63) is 41.2 Å². The van der Waals surface area contributed by atoms with Crippen molar-refractivity contribution in [3.8, 4) is 10.6 Å². The third kappa shape index (κ3) is 3.72. The van der Waals surface area contributed by atoms with Crippen LogP contribution in [0.1, 0.15) is 23.1 Å². The number of amides is 1. The second-order valence-corrected chi connectivity index (χ2v) is 9.63. The topological polar surface area (TPSA) is 104 Å². The molecule has 1 fully saturated rings. The lowest BCUT2D eigenvalue weighted by molar-refractivity contribution is 0.0692. The molecular formula is C18H22N6O3S2. The maximum absolute atomic E-state index is 13.0. The van der Waals surface area contributed by atoms with Gasteiger partial charge in [0.15, 0.2) is 5.69 Å². The molecule has 4 rings (SSSR count). The van der Waals surface area contributed by atoms with Crippen molar-refractivity contribution < 1.29 is 13.2 Å². The highest BCUT2D eigenvalue weighted by atomic mass is 32.2. The van der Waals surface area contributed by atoms with Crippen LogP contribution in [0.25, 0.3) is 10.6 Å². The smallest absolute Gasteiger partial charge is 0.274 e. The van der Waals surface area contributed by atoms with Gasteiger partial charge < -0.3 is 4.90 Å². The summed E-state index contributed by atoms with van der Waals surface area (Å²) in [6.45, 7) is 5.34. The number of rotatable bonds is 5. The number of H-pyrrole nitrogens is 1. The van der Waals surface area contributed by atoms with Crippen LogP contribution in [0.3, 0.4) is 0 Å². The van der Waals surface area contributed by atoms with Gasteiger partial charge in [-0.1, -0.05) is 6.07 Å². The molecule has 1 N–H and O–H groups in total. The number of nitrogens with zero attached hydrogens (tertiary/aromatic N) is 5. The van der Waals surface area contributed by atoms with Gasteiger partial charge in [0, 0.05) is 38.9 Å². The zero-order valence-corrected chi connectivity index (χ0v) is 17.8. The van der Waals surface area contributed by atoms with Crippen molar-refractivity contribution in [2.24, 2.45) is 0 Å². The molecule has 0 aromatic carbocycles. The van der Waals surface area contributed by atoms with Crippen molar-refractivity contribution in [1.82, 2.24) is 29.2 Å². The molecule has 4 heterocycles. The normalized spacial score (nSPS) is 15.7. The molecule has 29 heavy (non-hydrogen) atoms. The van der Waals surface area contributed by atoms with Crippen molar-refractivity contribution in [2.75, 3.05) is 26.2 Å². The van der Waals surface area contributed by atoms with E-state index >= 15 is 0 Å². The highest BCUT2D eigenvalue weighted by Gasteiger charge is 2.33. The van der Waals surface area contributed by atoms with Crippen LogP contribution >= 0.6 is 11.3 Å². The highest BCUT2D eigenvalue weighted by molar-refractivity contribution is 7.89. The Hall–Kier alpha value is -2.50. The number of hydrogen-bond donors (Lipinski definition) is 1. The summed E-state index contributed by atoms with van der Waals surface area (Å²) in [5.41, 5.74) is 1.63. The van der Waals surface area contributed by atoms with Crippen LogP contribution in [0.2, 0.25) is 0 Å². The number of piperazine rings is 1. The van der Waals surface area contributed by atoms with E-state index in [1.54, 1.807) is 40.1 Å². The largest absolute Gasteiger partial charge is 0.335 e. The first-order valence-electron chi connectivity index (χ1n) is 9.33. The molecule has 1 aliphatic rings. The number of carbonyl (C=O) groups excluding carboxylic acids is 1. The summed E-state index contributed by atoms with van der Waals surface area (Å²) in [6.07, 6.45) is 1.57. The number of nitrogens with one attached hydrogen (secondary N) is 1. The van der Waals surface area contributed by atoms with Gasteiger partial charge in [-0.25, -0.2) is 8.42 Å². The van der Waals surface area contributed by atoms with Crippen molar-refractivity contribution in [2.45, 2.75) is 25.3 Å². The SMILES string of the molecule is CCn1cc(S(=O)(=O)N2CCN(C(=O)c3cc(-c4cccs4)[nH]n3)CC2)c(C)n1. The molecule has 0 bridgehead atoms. The molecule has 154 valence electrons. The third-order valence-corrected chi connectivity index (χ3v) is 7.86. The molecule has 0 radical (unpaired) electrons. The Kier molecular flexibility index (Phi) is 5.28. The lowest BCUT2D eigenvalue weighted by Gasteiger charge is -2.33. The summed E-state index contributed by atoms with van der Waals surface area (Å²) in [7, 11) is -3.63. The standard InChI is InChI=1S/C18H22N6O3S2/c1-3-23-12-17(13(2)21-23)29(26,27)24-8-6-22(7-9-24)18(25)15-11-14(19-20-15)16-5-4-10-28-16/h4-5,10-12H,3,6-9H2,1-2H3,(H,19,20). The van der Waals surface area contributed by atoms with Gasteiger partial charge >= 0.3 is 0 Å². The minimum atomic E-state index is -3.63. The summed E-state index contributed by atoms with van der Waals surface area (Å²) >= 11 is 1.57. The molecule has 1 amide bonds. The van der Waals surface area contributed by atoms with Crippen molar-refractivity contribution >= 4 is 27.3 Å². The van der Waals surface area contributed by atoms with Gasteiger partial charge in [-0.15, -0.1) is 11.3 Å². The Labute approximate surface area is 173 Å². The number of aryl methyl sites for hydroxylation is 2. The van der Waals surface area contributed by atoms with E-state index in [0.29, 0.717) is 31.0 Å². The number of aromatic nitrogens is 4. The van der Waals surface area contributed by atoms with E-state index in [0.717, 1.165) is 10.6 Å². The van der Waals surface area contributed by atoms with Crippen molar-refractivity contribution in [3.63, 3.8) is 0 Å². The van der Waals surface area contributed by atoms with E-state index in [-0.39, 0.29) is 23.9 Å². The van der Waals surface area contributed by atoms with E-state index in [1.807, 2.05) is 24.4 Å². The van der Waals surface area contributed by atoms with E-state index in [4.69, 9.17) is 0 Å². The fourth-order valence-electron chi connectivity index (χ4n) is 3.34. The summed E-state index contributed by atoms with van der Waals surface area (Å²) in [4.78, 5) is 15.7. The first-order chi connectivity index (χ1) is 13.9. The Morgan fingerprint density at radius 3 is 2.66 bits per heavy atom. The van der Waals surface area contributed by atoms with E-state index in [2.05, 4.69) is 15.3 Å². The van der Waals surface area contributed by atoms with Gasteiger partial charge in [-0.05, 0) is 31.4 Å². The van der Waals surface area contributed by atoms with Crippen LogP contribution in [0, 0.1) is 6.92 Å². The summed E-state index contributed by atoms with van der Waals surface area (Å²) in [5.74, 6) is -0.198. The molecule has 0 atom stereocenters. The Bertz CT molecular complexity index is 1110. The average Bonchev–Trinajstić information content (AvgIpc) is 3.47. The van der Waals surface area contributed by atoms with Crippen LogP contribution < -0.4 is 0 Å². The summed E-state index contributed by atoms with van der Waals surface area (Å²) in [6, 6.07) is 5.63. The molecule has 1 aliphatic heterocycles. The second kappa shape index (κ2) is 7.73. The predicted molar refractivity (Wildman–Crippen MR) is 109 cm³/mol. The zero-order chi connectivity index (χ0) is 20.6. The zero-order valence-electron chi connectivity index (χ0n) is 16.2. The van der Waals surface area contributed by atoms with E-state index in [9.17, 15) is 13.2 Å². The molecule has 3 aromatic rings. The molecule has 9 nitrogen and oxygen atoms in total. The molecule has 11 heteroatoms. The molecule has 0 aliphatic carbocycles. The van der Waals surface area contributed by atoms with Crippen LogP contribution in [-0.4, -0.2) is 69.7 Å². The Morgan fingerprint density at radius 2 is 2.03 bits per heavy atom. The van der Waals surface area contributed by atoms with Crippen LogP contribution in [0.4, 0.5) is 0 Å². The fraction of sp³-hybridized carbons (Fsp3) is 0.389. The predicted octanol–water partition coefficient (Wildman–Crippen LogP) is 1.81. The minimum absolute atomic E-state index is 0.198. The van der Waals surface area contributed by atoms with Gasteiger partial charge in [-0.3, -0.25) is 14.6 Å². The Morgan fingerprint density at radius 1 is 1.28 bits per heavy atom. The van der Waals surface area contributed by atoms with E-state index < -0.39 is 10.0 Å². The minimum Gasteiger partial charge on any atom is -0.335 e. The molecular weight excluding hydrogens is 412 g/mol. The molecule has 0 saturated carbocycles. The van der Waals surface area contributed by atoms with Gasteiger partial charge in [0.05, 0.1) is 16.3 Å². The van der Waals surface area contributed by atoms with Gasteiger partial charge in [0.2, 0.25) is 10.0 Å². The van der Waals surface area contributed by atoms with Gasteiger partial charge in [0.25, 0.3) is 5.91 Å². The first-order valence-corrected chi connectivity index (χ1v) is 11.6. The first kappa shape index (κ1) is 19.8. The van der Waals surface area contributed by atoms with Crippen molar-refractivity contribution in [1.29, 1.82) is 0 Å². The third-order valence-electron chi connectivity index (χ3n) is 4.95. The van der Waals surface area contributed by atoms with Crippen LogP contribution in [0.15, 0.2) is 34.7 Å². The molecule has 0 unspecified atom stereocenters. The fourth-order valence-corrected chi connectivity index (χ4v) is 5.62. The monoisotopic (exact) mass is 434 g/mol. The van der Waals surface area contributed by atoms with Gasteiger partial charge in [-0.2, -0.15) is 14.5 Å².